The van der Waals surface area contributed by atoms with Crippen LogP contribution < -0.4 is 0 Å². The van der Waals surface area contributed by atoms with Gasteiger partial charge in [-0.15, -0.1) is 0 Å². The van der Waals surface area contributed by atoms with Crippen molar-refractivity contribution in [2.75, 3.05) is 0 Å². The van der Waals surface area contributed by atoms with Gasteiger partial charge in [-0.3, -0.25) is 0 Å². The molecule has 0 aliphatic heterocycles. The molecule has 0 spiro atoms. The summed E-state index contributed by atoms with van der Waals surface area (Å²) in [4.78, 5) is 4.00. The highest BCUT2D eigenvalue weighted by molar-refractivity contribution is 5.18. The summed E-state index contributed by atoms with van der Waals surface area (Å²) >= 11 is 0. The summed E-state index contributed by atoms with van der Waals surface area (Å²) in [5.74, 6) is 0.789. The van der Waals surface area contributed by atoms with Crippen LogP contribution in [0.1, 0.15) is 0 Å². The molecule has 0 saturated heterocycles. The molecular weight excluding hydrogens is 138 g/mol. The summed E-state index contributed by atoms with van der Waals surface area (Å²) in [6, 6.07) is 7.37. The highest BCUT2D eigenvalue weighted by Crippen LogP contribution is 1.98. The maximum Gasteiger partial charge on any atom is 0.154 e. The van der Waals surface area contributed by atoms with Crippen molar-refractivity contribution in [2.45, 2.75) is 0 Å². The Bertz CT molecular complexity index is 312. The lowest BCUT2D eigenvalue weighted by Crippen LogP contribution is -1.95. The van der Waals surface area contributed by atoms with E-state index in [1.165, 1.54) is 0 Å². The van der Waals surface area contributed by atoms with E-state index in [2.05, 4.69) is 16.3 Å². The van der Waals surface area contributed by atoms with E-state index >= 15 is 0 Å². The van der Waals surface area contributed by atoms with Crippen molar-refractivity contribution < 1.29 is 0 Å². The van der Waals surface area contributed by atoms with Crippen LogP contribution in [0.25, 0.3) is 5.82 Å². The van der Waals surface area contributed by atoms with Crippen molar-refractivity contribution in [1.82, 2.24) is 14.8 Å². The van der Waals surface area contributed by atoms with E-state index in [9.17, 15) is 0 Å². The van der Waals surface area contributed by atoms with Gasteiger partial charge in [-0.1, -0.05) is 6.07 Å². The minimum absolute atomic E-state index is 0.789. The molecule has 2 aromatic heterocycles. The third-order valence-corrected chi connectivity index (χ3v) is 1.33. The van der Waals surface area contributed by atoms with E-state index < -0.39 is 0 Å². The van der Waals surface area contributed by atoms with Crippen LogP contribution >= 0.6 is 0 Å². The molecule has 3 heteroatoms. The van der Waals surface area contributed by atoms with Gasteiger partial charge in [0.05, 0.1) is 6.20 Å². The van der Waals surface area contributed by atoms with Crippen LogP contribution in [0, 0.1) is 6.20 Å². The number of rotatable bonds is 1. The van der Waals surface area contributed by atoms with Crippen LogP contribution in [0.4, 0.5) is 0 Å². The number of nitrogens with zero attached hydrogens (tertiary/aromatic N) is 3. The molecular formula is C8H6N3. The fourth-order valence-electron chi connectivity index (χ4n) is 0.850. The molecule has 0 aliphatic rings. The minimum atomic E-state index is 0.789. The largest absolute Gasteiger partial charge is 0.227 e. The molecule has 2 aromatic rings. The number of aromatic nitrogens is 3. The average molecular weight is 144 g/mol. The third kappa shape index (κ3) is 1.12. The van der Waals surface area contributed by atoms with Crippen LogP contribution in [-0.2, 0) is 0 Å². The zero-order valence-corrected chi connectivity index (χ0v) is 5.81. The van der Waals surface area contributed by atoms with Gasteiger partial charge in [0.2, 0.25) is 0 Å². The molecule has 0 fully saturated rings. The zero-order chi connectivity index (χ0) is 7.52. The van der Waals surface area contributed by atoms with Crippen LogP contribution in [0.15, 0.2) is 36.7 Å². The van der Waals surface area contributed by atoms with E-state index in [0.29, 0.717) is 0 Å². The molecule has 0 bridgehead atoms. The predicted molar refractivity (Wildman–Crippen MR) is 40.2 cm³/mol. The molecule has 0 N–H and O–H groups in total. The maximum absolute atomic E-state index is 4.02. The van der Waals surface area contributed by atoms with Gasteiger partial charge < -0.3 is 0 Å². The van der Waals surface area contributed by atoms with Gasteiger partial charge in [0.25, 0.3) is 0 Å². The van der Waals surface area contributed by atoms with Crippen molar-refractivity contribution >= 4 is 0 Å². The Morgan fingerprint density at radius 3 is 3.00 bits per heavy atom. The van der Waals surface area contributed by atoms with E-state index in [-0.39, 0.29) is 0 Å². The maximum atomic E-state index is 4.02. The van der Waals surface area contributed by atoms with E-state index in [1.54, 1.807) is 16.9 Å². The van der Waals surface area contributed by atoms with Crippen LogP contribution in [0.2, 0.25) is 0 Å². The summed E-state index contributed by atoms with van der Waals surface area (Å²) in [5.41, 5.74) is 0. The molecule has 0 amide bonds. The first-order valence-corrected chi connectivity index (χ1v) is 3.30. The normalized spacial score (nSPS) is 9.82. The second kappa shape index (κ2) is 2.54. The Kier molecular flexibility index (Phi) is 1.41. The number of hydrogen-bond acceptors (Lipinski definition) is 2. The summed E-state index contributed by atoms with van der Waals surface area (Å²) in [6.45, 7) is 0. The van der Waals surface area contributed by atoms with Crippen molar-refractivity contribution in [3.63, 3.8) is 0 Å². The average Bonchev–Trinajstić information content (AvgIpc) is 2.58. The SMILES string of the molecule is [c]1cccc(-n2cccn2)n1. The summed E-state index contributed by atoms with van der Waals surface area (Å²) in [7, 11) is 0. The van der Waals surface area contributed by atoms with Crippen molar-refractivity contribution in [1.29, 1.82) is 0 Å². The number of hydrogen-bond donors (Lipinski definition) is 0. The molecule has 11 heavy (non-hydrogen) atoms. The summed E-state index contributed by atoms with van der Waals surface area (Å²) < 4.78 is 1.69. The predicted octanol–water partition coefficient (Wildman–Crippen LogP) is 1.07. The van der Waals surface area contributed by atoms with Gasteiger partial charge in [-0.05, 0) is 18.2 Å². The van der Waals surface area contributed by atoms with Crippen LogP contribution in [-0.4, -0.2) is 14.8 Å². The summed E-state index contributed by atoms with van der Waals surface area (Å²) in [5, 5.41) is 4.02. The Morgan fingerprint density at radius 2 is 2.36 bits per heavy atom. The molecule has 53 valence electrons. The van der Waals surface area contributed by atoms with E-state index in [4.69, 9.17) is 0 Å². The molecule has 2 rings (SSSR count). The molecule has 1 radical (unpaired) electrons. The standard InChI is InChI=1S/C8H6N3/c1-2-5-9-8(4-1)11-7-3-6-10-11/h1-4,6-7H. The van der Waals surface area contributed by atoms with Crippen molar-refractivity contribution in [3.8, 4) is 5.82 Å². The Hall–Kier alpha value is -1.64. The van der Waals surface area contributed by atoms with Gasteiger partial charge in [0.15, 0.2) is 5.82 Å². The second-order valence-electron chi connectivity index (χ2n) is 2.08. The molecule has 0 unspecified atom stereocenters. The number of pyridine rings is 1. The fraction of sp³-hybridized carbons (Fsp3) is 0. The van der Waals surface area contributed by atoms with Gasteiger partial charge in [-0.2, -0.15) is 5.10 Å². The van der Waals surface area contributed by atoms with Gasteiger partial charge in [-0.25, -0.2) is 9.67 Å². The zero-order valence-electron chi connectivity index (χ0n) is 5.81. The van der Waals surface area contributed by atoms with Gasteiger partial charge in [0.1, 0.15) is 0 Å². The van der Waals surface area contributed by atoms with Gasteiger partial charge >= 0.3 is 0 Å². The Morgan fingerprint density at radius 1 is 1.36 bits per heavy atom. The Balaban J connectivity index is 2.46. The van der Waals surface area contributed by atoms with Crippen LogP contribution in [0.3, 0.4) is 0 Å². The van der Waals surface area contributed by atoms with E-state index in [0.717, 1.165) is 5.82 Å². The lowest BCUT2D eigenvalue weighted by molar-refractivity contribution is 0.846. The molecule has 0 aromatic carbocycles. The van der Waals surface area contributed by atoms with Gasteiger partial charge in [0, 0.05) is 12.4 Å². The van der Waals surface area contributed by atoms with E-state index in [1.807, 2.05) is 24.4 Å². The Labute approximate surface area is 64.3 Å². The quantitative estimate of drug-likeness (QED) is 0.599. The minimum Gasteiger partial charge on any atom is -0.227 e. The first-order valence-electron chi connectivity index (χ1n) is 3.30. The lowest BCUT2D eigenvalue weighted by Gasteiger charge is -1.95. The van der Waals surface area contributed by atoms with Crippen molar-refractivity contribution in [2.24, 2.45) is 0 Å². The molecule has 0 saturated carbocycles. The lowest BCUT2D eigenvalue weighted by atomic mass is 10.5. The molecule has 3 nitrogen and oxygen atoms in total. The molecule has 2 heterocycles. The first kappa shape index (κ1) is 6.09. The smallest absolute Gasteiger partial charge is 0.154 e. The summed E-state index contributed by atoms with van der Waals surface area (Å²) in [6.07, 6.45) is 6.30. The van der Waals surface area contributed by atoms with Crippen LogP contribution in [0.5, 0.6) is 0 Å². The van der Waals surface area contributed by atoms with Crippen molar-refractivity contribution in [3.05, 3.63) is 42.9 Å². The highest BCUT2D eigenvalue weighted by Gasteiger charge is 1.92. The third-order valence-electron chi connectivity index (χ3n) is 1.33. The first-order chi connectivity index (χ1) is 5.47. The second-order valence-corrected chi connectivity index (χ2v) is 2.08. The highest BCUT2D eigenvalue weighted by atomic mass is 15.3. The topological polar surface area (TPSA) is 30.7 Å². The fourth-order valence-corrected chi connectivity index (χ4v) is 0.850. The monoisotopic (exact) mass is 144 g/mol. The molecule has 0 atom stereocenters. The molecule has 0 aliphatic carbocycles.